The second-order valence-electron chi connectivity index (χ2n) is 9.31. The Morgan fingerprint density at radius 3 is 2.30 bits per heavy atom. The van der Waals surface area contributed by atoms with Crippen LogP contribution in [0.15, 0.2) is 119 Å². The zero-order valence-corrected chi connectivity index (χ0v) is 21.1. The topological polar surface area (TPSA) is 25.8 Å². The maximum absolute atomic E-state index is 4.58. The van der Waals surface area contributed by atoms with E-state index >= 15 is 0 Å². The van der Waals surface area contributed by atoms with Gasteiger partial charge in [-0.25, -0.2) is 0 Å². The lowest BCUT2D eigenvalue weighted by Gasteiger charge is -2.18. The van der Waals surface area contributed by atoms with E-state index in [4.69, 9.17) is 0 Å². The summed E-state index contributed by atoms with van der Waals surface area (Å²) in [6, 6.07) is 32.3. The minimum Gasteiger partial charge on any atom is -0.264 e. The second kappa shape index (κ2) is 9.34. The Balaban J connectivity index is 1.44. The largest absolute Gasteiger partial charge is 0.264 e. The molecule has 0 saturated carbocycles. The molecule has 0 amide bonds. The third-order valence-corrected chi connectivity index (χ3v) is 8.25. The molecule has 0 unspecified atom stereocenters. The molecule has 1 aliphatic rings. The molecule has 2 aromatic heterocycles. The SMILES string of the molecule is C1=c2c(Sc3ccc(-c4ccccn4)cc3)c3ccncc3c(-c3cccc4ccccc34)c2=CCC1. The predicted octanol–water partition coefficient (Wildman–Crippen LogP) is 7.62. The molecule has 0 radical (unpaired) electrons. The number of hydrogen-bond acceptors (Lipinski definition) is 3. The van der Waals surface area contributed by atoms with Crippen molar-refractivity contribution in [2.45, 2.75) is 22.6 Å². The van der Waals surface area contributed by atoms with Crippen molar-refractivity contribution in [3.05, 3.63) is 120 Å². The molecule has 7 rings (SSSR count). The van der Waals surface area contributed by atoms with Gasteiger partial charge in [-0.2, -0.15) is 0 Å². The van der Waals surface area contributed by atoms with Crippen molar-refractivity contribution in [2.24, 2.45) is 0 Å². The molecule has 0 spiro atoms. The molecule has 2 heterocycles. The van der Waals surface area contributed by atoms with E-state index in [1.54, 1.807) is 0 Å². The highest BCUT2D eigenvalue weighted by atomic mass is 32.2. The van der Waals surface area contributed by atoms with Crippen LogP contribution in [0.3, 0.4) is 0 Å². The highest BCUT2D eigenvalue weighted by Crippen LogP contribution is 2.37. The van der Waals surface area contributed by atoms with E-state index in [0.717, 1.165) is 24.1 Å². The molecular weight excluding hydrogens is 468 g/mol. The zero-order valence-electron chi connectivity index (χ0n) is 20.3. The maximum atomic E-state index is 4.58. The molecule has 2 nitrogen and oxygen atoms in total. The van der Waals surface area contributed by atoms with Crippen LogP contribution in [0.5, 0.6) is 0 Å². The summed E-state index contributed by atoms with van der Waals surface area (Å²) in [5.74, 6) is 0. The summed E-state index contributed by atoms with van der Waals surface area (Å²) in [5, 5.41) is 7.67. The van der Waals surface area contributed by atoms with Crippen molar-refractivity contribution in [3.63, 3.8) is 0 Å². The summed E-state index contributed by atoms with van der Waals surface area (Å²) in [4.78, 5) is 11.6. The van der Waals surface area contributed by atoms with Crippen molar-refractivity contribution in [3.8, 4) is 22.4 Å². The second-order valence-corrected chi connectivity index (χ2v) is 10.4. The lowest BCUT2D eigenvalue weighted by molar-refractivity contribution is 1.11. The van der Waals surface area contributed by atoms with Gasteiger partial charge in [0.1, 0.15) is 0 Å². The standard InChI is InChI=1S/C34H24N2S/c1-2-10-26-23(8-1)9-7-13-27(26)33-28-11-3-4-12-29(28)34(30-19-21-35-22-31(30)33)37-25-17-15-24(16-18-25)32-14-5-6-20-36-32/h1-2,5-22H,3-4H2. The Kier molecular flexibility index (Phi) is 5.56. The lowest BCUT2D eigenvalue weighted by atomic mass is 9.90. The van der Waals surface area contributed by atoms with E-state index in [9.17, 15) is 0 Å². The third kappa shape index (κ3) is 3.92. The van der Waals surface area contributed by atoms with Gasteiger partial charge in [-0.15, -0.1) is 0 Å². The molecule has 4 aromatic carbocycles. The van der Waals surface area contributed by atoms with Gasteiger partial charge < -0.3 is 0 Å². The molecule has 0 saturated heterocycles. The molecule has 176 valence electrons. The molecule has 0 fully saturated rings. The summed E-state index contributed by atoms with van der Waals surface area (Å²) >= 11 is 1.84. The van der Waals surface area contributed by atoms with E-state index in [0.29, 0.717) is 0 Å². The fraction of sp³-hybridized carbons (Fsp3) is 0.0588. The Bertz CT molecular complexity index is 1890. The minimum atomic E-state index is 0.996. The monoisotopic (exact) mass is 492 g/mol. The predicted molar refractivity (Wildman–Crippen MR) is 156 cm³/mol. The van der Waals surface area contributed by atoms with Crippen LogP contribution in [-0.4, -0.2) is 9.97 Å². The van der Waals surface area contributed by atoms with Crippen molar-refractivity contribution in [2.75, 3.05) is 0 Å². The highest BCUT2D eigenvalue weighted by molar-refractivity contribution is 7.99. The Labute approximate surface area is 220 Å². The summed E-state index contributed by atoms with van der Waals surface area (Å²) in [5.41, 5.74) is 4.69. The first kappa shape index (κ1) is 22.0. The zero-order chi connectivity index (χ0) is 24.6. The van der Waals surface area contributed by atoms with Gasteiger partial charge in [-0.3, -0.25) is 9.97 Å². The van der Waals surface area contributed by atoms with Crippen LogP contribution in [0.4, 0.5) is 0 Å². The van der Waals surface area contributed by atoms with Crippen LogP contribution in [0.25, 0.3) is 56.1 Å². The van der Waals surface area contributed by atoms with Crippen molar-refractivity contribution in [1.29, 1.82) is 0 Å². The van der Waals surface area contributed by atoms with Crippen LogP contribution in [0.1, 0.15) is 12.8 Å². The number of hydrogen-bond donors (Lipinski definition) is 0. The molecule has 37 heavy (non-hydrogen) atoms. The molecule has 0 atom stereocenters. The maximum Gasteiger partial charge on any atom is 0.0701 e. The fourth-order valence-corrected chi connectivity index (χ4v) is 6.50. The number of rotatable bonds is 4. The smallest absolute Gasteiger partial charge is 0.0701 e. The van der Waals surface area contributed by atoms with Crippen LogP contribution >= 0.6 is 11.8 Å². The highest BCUT2D eigenvalue weighted by Gasteiger charge is 2.17. The van der Waals surface area contributed by atoms with E-state index in [1.165, 1.54) is 52.9 Å². The average molecular weight is 493 g/mol. The van der Waals surface area contributed by atoms with E-state index in [2.05, 4.69) is 101 Å². The van der Waals surface area contributed by atoms with Gasteiger partial charge >= 0.3 is 0 Å². The summed E-state index contributed by atoms with van der Waals surface area (Å²) in [7, 11) is 0. The number of aromatic nitrogens is 2. The quantitative estimate of drug-likeness (QED) is 0.253. The van der Waals surface area contributed by atoms with Crippen LogP contribution < -0.4 is 10.4 Å². The molecule has 3 heteroatoms. The van der Waals surface area contributed by atoms with Gasteiger partial charge in [0.2, 0.25) is 0 Å². The molecule has 0 bridgehead atoms. The first-order valence-electron chi connectivity index (χ1n) is 12.6. The molecule has 6 aromatic rings. The van der Waals surface area contributed by atoms with E-state index < -0.39 is 0 Å². The van der Waals surface area contributed by atoms with Crippen LogP contribution in [-0.2, 0) is 0 Å². The number of benzene rings is 4. The Morgan fingerprint density at radius 2 is 1.43 bits per heavy atom. The first-order valence-corrected chi connectivity index (χ1v) is 13.5. The summed E-state index contributed by atoms with van der Waals surface area (Å²) in [6.07, 6.45) is 12.8. The Hall–Kier alpha value is -4.21. The van der Waals surface area contributed by atoms with Gasteiger partial charge in [-0.1, -0.05) is 84.6 Å². The normalized spacial score (nSPS) is 12.6. The lowest BCUT2D eigenvalue weighted by Crippen LogP contribution is -2.31. The summed E-state index contributed by atoms with van der Waals surface area (Å²) in [6.45, 7) is 0. The number of nitrogens with zero attached hydrogens (tertiary/aromatic N) is 2. The number of pyridine rings is 2. The van der Waals surface area contributed by atoms with Crippen molar-refractivity contribution >= 4 is 45.5 Å². The van der Waals surface area contributed by atoms with Gasteiger partial charge in [0.15, 0.2) is 0 Å². The molecule has 0 N–H and O–H groups in total. The van der Waals surface area contributed by atoms with E-state index in [1.807, 2.05) is 42.5 Å². The van der Waals surface area contributed by atoms with Gasteiger partial charge in [0.05, 0.1) is 5.69 Å². The van der Waals surface area contributed by atoms with Crippen molar-refractivity contribution < 1.29 is 0 Å². The van der Waals surface area contributed by atoms with Gasteiger partial charge in [-0.05, 0) is 80.9 Å². The molecular formula is C34H24N2S. The minimum absolute atomic E-state index is 0.996. The average Bonchev–Trinajstić information content (AvgIpc) is 2.98. The van der Waals surface area contributed by atoms with Crippen LogP contribution in [0.2, 0.25) is 0 Å². The first-order chi connectivity index (χ1) is 18.4. The third-order valence-electron chi connectivity index (χ3n) is 7.10. The Morgan fingerprint density at radius 1 is 0.622 bits per heavy atom. The fourth-order valence-electron chi connectivity index (χ4n) is 5.40. The van der Waals surface area contributed by atoms with Gasteiger partial charge in [0, 0.05) is 39.3 Å². The molecule has 0 aliphatic heterocycles. The summed E-state index contributed by atoms with van der Waals surface area (Å²) < 4.78 is 0. The van der Waals surface area contributed by atoms with Gasteiger partial charge in [0.25, 0.3) is 0 Å². The number of fused-ring (bicyclic) bond motifs is 3. The van der Waals surface area contributed by atoms with E-state index in [-0.39, 0.29) is 0 Å². The van der Waals surface area contributed by atoms with Crippen molar-refractivity contribution in [1.82, 2.24) is 9.97 Å². The van der Waals surface area contributed by atoms with Crippen LogP contribution in [0, 0.1) is 0 Å². The molecule has 1 aliphatic carbocycles.